The Kier molecular flexibility index (Phi) is 10.7. The summed E-state index contributed by atoms with van der Waals surface area (Å²) in [5.74, 6) is 0. The summed E-state index contributed by atoms with van der Waals surface area (Å²) in [5.41, 5.74) is 5.98. The summed E-state index contributed by atoms with van der Waals surface area (Å²) < 4.78 is 15.1. The molecule has 0 aromatic carbocycles. The summed E-state index contributed by atoms with van der Waals surface area (Å²) in [4.78, 5) is 2.07. The lowest BCUT2D eigenvalue weighted by atomic mass is 10.1. The number of rotatable bonds is 11. The Morgan fingerprint density at radius 2 is 1.59 bits per heavy atom. The topological polar surface area (TPSA) is 77.2 Å². The molecule has 0 bridgehead atoms. The Morgan fingerprint density at radius 1 is 1.06 bits per heavy atom. The van der Waals surface area contributed by atoms with Gasteiger partial charge in [0.15, 0.2) is 0 Å². The van der Waals surface area contributed by atoms with Crippen molar-refractivity contribution in [2.75, 3.05) is 60.8 Å². The minimum absolute atomic E-state index is 0.00203. The standard InChI is InChI=1S/C11H26N2O4/c1-15-6-4-13(5-7-16-2)11(8-14)10(12)9-17-3/h10-11,14H,4-9,12H2,1-3H3. The highest BCUT2D eigenvalue weighted by Crippen LogP contribution is 2.04. The van der Waals surface area contributed by atoms with Crippen molar-refractivity contribution < 1.29 is 19.3 Å². The molecule has 0 amide bonds. The molecular formula is C11H26N2O4. The molecule has 6 heteroatoms. The van der Waals surface area contributed by atoms with E-state index in [1.165, 1.54) is 0 Å². The molecule has 0 aliphatic carbocycles. The number of methoxy groups -OCH3 is 3. The molecular weight excluding hydrogens is 224 g/mol. The first-order valence-corrected chi connectivity index (χ1v) is 5.78. The molecule has 0 fully saturated rings. The van der Waals surface area contributed by atoms with Crippen LogP contribution in [-0.2, 0) is 14.2 Å². The van der Waals surface area contributed by atoms with E-state index in [0.717, 1.165) is 0 Å². The lowest BCUT2D eigenvalue weighted by molar-refractivity contribution is 0.0365. The zero-order valence-corrected chi connectivity index (χ0v) is 11.1. The molecule has 0 saturated heterocycles. The smallest absolute Gasteiger partial charge is 0.0629 e. The van der Waals surface area contributed by atoms with E-state index in [0.29, 0.717) is 32.9 Å². The van der Waals surface area contributed by atoms with Crippen LogP contribution in [0.2, 0.25) is 0 Å². The van der Waals surface area contributed by atoms with E-state index >= 15 is 0 Å². The van der Waals surface area contributed by atoms with Gasteiger partial charge in [0.05, 0.1) is 32.5 Å². The van der Waals surface area contributed by atoms with Crippen molar-refractivity contribution >= 4 is 0 Å². The molecule has 0 rings (SSSR count). The Labute approximate surface area is 104 Å². The van der Waals surface area contributed by atoms with Gasteiger partial charge in [-0.15, -0.1) is 0 Å². The number of ether oxygens (including phenoxy) is 3. The molecule has 3 N–H and O–H groups in total. The van der Waals surface area contributed by atoms with Gasteiger partial charge in [-0.2, -0.15) is 0 Å². The maximum Gasteiger partial charge on any atom is 0.0629 e. The Bertz CT molecular complexity index is 164. The molecule has 104 valence electrons. The third kappa shape index (κ3) is 6.92. The number of nitrogens with zero attached hydrogens (tertiary/aromatic N) is 1. The van der Waals surface area contributed by atoms with Crippen LogP contribution in [0.15, 0.2) is 0 Å². The fourth-order valence-electron chi connectivity index (χ4n) is 1.69. The Balaban J connectivity index is 4.35. The molecule has 0 aliphatic rings. The van der Waals surface area contributed by atoms with Gasteiger partial charge in [0, 0.05) is 40.5 Å². The van der Waals surface area contributed by atoms with E-state index in [4.69, 9.17) is 19.9 Å². The molecule has 2 unspecified atom stereocenters. The Morgan fingerprint density at radius 3 is 1.94 bits per heavy atom. The molecule has 0 radical (unpaired) electrons. The molecule has 0 aromatic heterocycles. The quantitative estimate of drug-likeness (QED) is 0.485. The van der Waals surface area contributed by atoms with Crippen molar-refractivity contribution in [2.24, 2.45) is 5.73 Å². The van der Waals surface area contributed by atoms with Crippen LogP contribution in [-0.4, -0.2) is 82.9 Å². The lowest BCUT2D eigenvalue weighted by Crippen LogP contribution is -2.53. The lowest BCUT2D eigenvalue weighted by Gasteiger charge is -2.33. The van der Waals surface area contributed by atoms with Crippen LogP contribution in [0.25, 0.3) is 0 Å². The minimum atomic E-state index is -0.223. The van der Waals surface area contributed by atoms with Crippen LogP contribution in [0.5, 0.6) is 0 Å². The van der Waals surface area contributed by atoms with Crippen molar-refractivity contribution in [3.05, 3.63) is 0 Å². The monoisotopic (exact) mass is 250 g/mol. The van der Waals surface area contributed by atoms with Gasteiger partial charge in [-0.3, -0.25) is 4.90 Å². The Hall–Kier alpha value is -0.240. The maximum absolute atomic E-state index is 9.43. The van der Waals surface area contributed by atoms with Crippen molar-refractivity contribution in [1.29, 1.82) is 0 Å². The predicted molar refractivity (Wildman–Crippen MR) is 66.1 cm³/mol. The van der Waals surface area contributed by atoms with Gasteiger partial charge in [0.25, 0.3) is 0 Å². The third-order valence-corrected chi connectivity index (χ3v) is 2.67. The summed E-state index contributed by atoms with van der Waals surface area (Å²) in [6, 6.07) is -0.362. The summed E-state index contributed by atoms with van der Waals surface area (Å²) in [6.45, 7) is 3.03. The van der Waals surface area contributed by atoms with Gasteiger partial charge in [-0.05, 0) is 0 Å². The minimum Gasteiger partial charge on any atom is -0.395 e. The zero-order chi connectivity index (χ0) is 13.1. The molecule has 0 spiro atoms. The van der Waals surface area contributed by atoms with E-state index < -0.39 is 0 Å². The van der Waals surface area contributed by atoms with Crippen molar-refractivity contribution in [3.63, 3.8) is 0 Å². The first-order valence-electron chi connectivity index (χ1n) is 5.78. The van der Waals surface area contributed by atoms with Crippen LogP contribution in [0.3, 0.4) is 0 Å². The highest BCUT2D eigenvalue weighted by atomic mass is 16.5. The SMILES string of the molecule is COCCN(CCOC)C(CO)C(N)COC. The highest BCUT2D eigenvalue weighted by molar-refractivity contribution is 4.81. The van der Waals surface area contributed by atoms with Crippen LogP contribution in [0.1, 0.15) is 0 Å². The fourth-order valence-corrected chi connectivity index (χ4v) is 1.69. The van der Waals surface area contributed by atoms with Gasteiger partial charge >= 0.3 is 0 Å². The first kappa shape index (κ1) is 16.8. The van der Waals surface area contributed by atoms with Gasteiger partial charge in [-0.25, -0.2) is 0 Å². The van der Waals surface area contributed by atoms with Crippen molar-refractivity contribution in [2.45, 2.75) is 12.1 Å². The second-order valence-electron chi connectivity index (χ2n) is 3.89. The molecule has 0 saturated carbocycles. The molecule has 0 heterocycles. The fraction of sp³-hybridized carbons (Fsp3) is 1.00. The van der Waals surface area contributed by atoms with Crippen LogP contribution in [0.4, 0.5) is 0 Å². The van der Waals surface area contributed by atoms with Gasteiger partial charge < -0.3 is 25.1 Å². The maximum atomic E-state index is 9.43. The molecule has 0 aliphatic heterocycles. The van der Waals surface area contributed by atoms with E-state index in [2.05, 4.69) is 4.90 Å². The number of aliphatic hydroxyl groups excluding tert-OH is 1. The summed E-state index contributed by atoms with van der Waals surface area (Å²) in [5, 5.41) is 9.43. The number of nitrogens with two attached hydrogens (primary N) is 1. The average Bonchev–Trinajstić information content (AvgIpc) is 2.33. The predicted octanol–water partition coefficient (Wildman–Crippen LogP) is -1.08. The van der Waals surface area contributed by atoms with Crippen molar-refractivity contribution in [1.82, 2.24) is 4.90 Å². The number of hydrogen-bond acceptors (Lipinski definition) is 6. The molecule has 2 atom stereocenters. The molecule has 0 aromatic rings. The van der Waals surface area contributed by atoms with Gasteiger partial charge in [0.2, 0.25) is 0 Å². The van der Waals surface area contributed by atoms with Gasteiger partial charge in [0.1, 0.15) is 0 Å². The average molecular weight is 250 g/mol. The second-order valence-corrected chi connectivity index (χ2v) is 3.89. The largest absolute Gasteiger partial charge is 0.395 e. The van der Waals surface area contributed by atoms with E-state index in [-0.39, 0.29) is 18.7 Å². The third-order valence-electron chi connectivity index (χ3n) is 2.67. The number of hydrogen-bond donors (Lipinski definition) is 2. The number of aliphatic hydroxyl groups is 1. The highest BCUT2D eigenvalue weighted by Gasteiger charge is 2.23. The molecule has 17 heavy (non-hydrogen) atoms. The second kappa shape index (κ2) is 10.9. The summed E-state index contributed by atoms with van der Waals surface area (Å²) >= 11 is 0. The van der Waals surface area contributed by atoms with Crippen LogP contribution in [0, 0.1) is 0 Å². The summed E-state index contributed by atoms with van der Waals surface area (Å²) in [7, 11) is 4.90. The normalized spacial score (nSPS) is 15.2. The molecule has 6 nitrogen and oxygen atoms in total. The summed E-state index contributed by atoms with van der Waals surface area (Å²) in [6.07, 6.45) is 0. The van der Waals surface area contributed by atoms with Crippen LogP contribution >= 0.6 is 0 Å². The van der Waals surface area contributed by atoms with Gasteiger partial charge in [-0.1, -0.05) is 0 Å². The van der Waals surface area contributed by atoms with Crippen molar-refractivity contribution in [3.8, 4) is 0 Å². The van der Waals surface area contributed by atoms with E-state index in [9.17, 15) is 5.11 Å². The van der Waals surface area contributed by atoms with E-state index in [1.807, 2.05) is 0 Å². The van der Waals surface area contributed by atoms with E-state index in [1.54, 1.807) is 21.3 Å². The van der Waals surface area contributed by atoms with Crippen LogP contribution < -0.4 is 5.73 Å². The zero-order valence-electron chi connectivity index (χ0n) is 11.1. The first-order chi connectivity index (χ1) is 8.21.